The molecule has 0 aliphatic heterocycles. The van der Waals surface area contributed by atoms with Crippen molar-refractivity contribution >= 4 is 16.7 Å². The fraction of sp³-hybridized carbons (Fsp3) is 0.353. The van der Waals surface area contributed by atoms with Crippen molar-refractivity contribution in [1.29, 1.82) is 0 Å². The number of carbonyl (C=O) groups is 1. The van der Waals surface area contributed by atoms with E-state index in [2.05, 4.69) is 29.0 Å². The van der Waals surface area contributed by atoms with Crippen molar-refractivity contribution in [1.82, 2.24) is 0 Å². The molecule has 2 aromatic carbocycles. The van der Waals surface area contributed by atoms with E-state index < -0.39 is 0 Å². The van der Waals surface area contributed by atoms with E-state index in [0.717, 1.165) is 19.3 Å². The largest absolute Gasteiger partial charge is 0.469 e. The van der Waals surface area contributed by atoms with Crippen LogP contribution < -0.4 is 5.73 Å². The molecule has 2 N–H and O–H groups in total. The average molecular weight is 271 g/mol. The van der Waals surface area contributed by atoms with Crippen molar-refractivity contribution in [3.8, 4) is 0 Å². The molecule has 0 aliphatic rings. The molecule has 106 valence electrons. The number of hydrogen-bond donors (Lipinski definition) is 1. The third kappa shape index (κ3) is 3.58. The summed E-state index contributed by atoms with van der Waals surface area (Å²) in [4.78, 5) is 11.0. The Kier molecular flexibility index (Phi) is 5.13. The fourth-order valence-corrected chi connectivity index (χ4v) is 2.46. The molecule has 0 heterocycles. The van der Waals surface area contributed by atoms with Gasteiger partial charge in [0.25, 0.3) is 0 Å². The van der Waals surface area contributed by atoms with Gasteiger partial charge in [-0.1, -0.05) is 48.9 Å². The van der Waals surface area contributed by atoms with Crippen LogP contribution >= 0.6 is 0 Å². The summed E-state index contributed by atoms with van der Waals surface area (Å²) in [5.41, 5.74) is 7.48. The molecule has 3 nitrogen and oxygen atoms in total. The van der Waals surface area contributed by atoms with Crippen LogP contribution in [0.1, 0.15) is 37.3 Å². The maximum absolute atomic E-state index is 11.0. The highest BCUT2D eigenvalue weighted by molar-refractivity contribution is 5.86. The molecular weight excluding hydrogens is 250 g/mol. The van der Waals surface area contributed by atoms with Crippen molar-refractivity contribution in [2.45, 2.75) is 31.7 Å². The van der Waals surface area contributed by atoms with Gasteiger partial charge in [0.05, 0.1) is 7.11 Å². The zero-order chi connectivity index (χ0) is 14.4. The van der Waals surface area contributed by atoms with E-state index in [1.54, 1.807) is 0 Å². The van der Waals surface area contributed by atoms with Crippen molar-refractivity contribution in [3.63, 3.8) is 0 Å². The quantitative estimate of drug-likeness (QED) is 0.645. The topological polar surface area (TPSA) is 52.3 Å². The van der Waals surface area contributed by atoms with Gasteiger partial charge >= 0.3 is 5.97 Å². The maximum Gasteiger partial charge on any atom is 0.305 e. The Labute approximate surface area is 119 Å². The highest BCUT2D eigenvalue weighted by atomic mass is 16.5. The van der Waals surface area contributed by atoms with Crippen LogP contribution in [-0.2, 0) is 9.53 Å². The fourth-order valence-electron chi connectivity index (χ4n) is 2.46. The van der Waals surface area contributed by atoms with Gasteiger partial charge in [-0.05, 0) is 29.2 Å². The summed E-state index contributed by atoms with van der Waals surface area (Å²) in [7, 11) is 1.42. The summed E-state index contributed by atoms with van der Waals surface area (Å²) in [6.45, 7) is 0. The SMILES string of the molecule is COC(=O)CCCCC(N)c1cccc2ccccc12. The van der Waals surface area contributed by atoms with Crippen LogP contribution in [0, 0.1) is 0 Å². The first-order valence-corrected chi connectivity index (χ1v) is 7.02. The van der Waals surface area contributed by atoms with Crippen molar-refractivity contribution in [2.24, 2.45) is 5.73 Å². The van der Waals surface area contributed by atoms with Crippen LogP contribution in [0.2, 0.25) is 0 Å². The molecule has 0 fully saturated rings. The van der Waals surface area contributed by atoms with E-state index in [4.69, 9.17) is 5.73 Å². The minimum absolute atomic E-state index is 0.0127. The first kappa shape index (κ1) is 14.5. The van der Waals surface area contributed by atoms with E-state index in [0.29, 0.717) is 6.42 Å². The van der Waals surface area contributed by atoms with Crippen LogP contribution in [-0.4, -0.2) is 13.1 Å². The molecule has 0 bridgehead atoms. The Balaban J connectivity index is 1.97. The lowest BCUT2D eigenvalue weighted by atomic mass is 9.96. The van der Waals surface area contributed by atoms with Crippen LogP contribution in [0.25, 0.3) is 10.8 Å². The molecule has 0 aromatic heterocycles. The summed E-state index contributed by atoms with van der Waals surface area (Å²) in [6.07, 6.45) is 3.11. The minimum atomic E-state index is -0.149. The smallest absolute Gasteiger partial charge is 0.305 e. The Bertz CT molecular complexity index is 575. The number of carbonyl (C=O) groups excluding carboxylic acids is 1. The molecule has 0 spiro atoms. The van der Waals surface area contributed by atoms with E-state index in [1.165, 1.54) is 23.4 Å². The van der Waals surface area contributed by atoms with Crippen molar-refractivity contribution in [2.75, 3.05) is 7.11 Å². The number of fused-ring (bicyclic) bond motifs is 1. The molecule has 0 aliphatic carbocycles. The maximum atomic E-state index is 11.0. The van der Waals surface area contributed by atoms with Gasteiger partial charge in [0.1, 0.15) is 0 Å². The molecule has 3 heteroatoms. The zero-order valence-electron chi connectivity index (χ0n) is 11.8. The lowest BCUT2D eigenvalue weighted by Gasteiger charge is -2.14. The summed E-state index contributed by atoms with van der Waals surface area (Å²) < 4.78 is 4.63. The number of methoxy groups -OCH3 is 1. The Morgan fingerprint density at radius 1 is 1.15 bits per heavy atom. The van der Waals surface area contributed by atoms with E-state index in [1.807, 2.05) is 18.2 Å². The predicted octanol–water partition coefficient (Wildman–Crippen LogP) is 3.57. The van der Waals surface area contributed by atoms with Gasteiger partial charge in [-0.15, -0.1) is 0 Å². The number of unbranched alkanes of at least 4 members (excludes halogenated alkanes) is 1. The minimum Gasteiger partial charge on any atom is -0.469 e. The third-order valence-corrected chi connectivity index (χ3v) is 3.60. The van der Waals surface area contributed by atoms with Crippen LogP contribution in [0.3, 0.4) is 0 Å². The van der Waals surface area contributed by atoms with Crippen molar-refractivity contribution < 1.29 is 9.53 Å². The van der Waals surface area contributed by atoms with Gasteiger partial charge in [-0.2, -0.15) is 0 Å². The molecule has 1 unspecified atom stereocenters. The molecule has 1 atom stereocenters. The number of benzene rings is 2. The van der Waals surface area contributed by atoms with Crippen molar-refractivity contribution in [3.05, 3.63) is 48.0 Å². The molecule has 20 heavy (non-hydrogen) atoms. The Hall–Kier alpha value is -1.87. The van der Waals surface area contributed by atoms with E-state index in [-0.39, 0.29) is 12.0 Å². The summed E-state index contributed by atoms with van der Waals surface area (Å²) >= 11 is 0. The van der Waals surface area contributed by atoms with Crippen LogP contribution in [0.15, 0.2) is 42.5 Å². The zero-order valence-corrected chi connectivity index (χ0v) is 11.8. The molecule has 0 amide bonds. The molecule has 2 aromatic rings. The summed E-state index contributed by atoms with van der Waals surface area (Å²) in [5, 5.41) is 2.44. The second-order valence-electron chi connectivity index (χ2n) is 5.00. The van der Waals surface area contributed by atoms with Gasteiger partial charge in [0.15, 0.2) is 0 Å². The van der Waals surface area contributed by atoms with Gasteiger partial charge in [0.2, 0.25) is 0 Å². The lowest BCUT2D eigenvalue weighted by Crippen LogP contribution is -2.11. The van der Waals surface area contributed by atoms with Gasteiger partial charge in [-0.3, -0.25) is 4.79 Å². The second-order valence-corrected chi connectivity index (χ2v) is 5.00. The summed E-state index contributed by atoms with van der Waals surface area (Å²) in [5.74, 6) is -0.149. The molecular formula is C17H21NO2. The van der Waals surface area contributed by atoms with Gasteiger partial charge in [0, 0.05) is 12.5 Å². The van der Waals surface area contributed by atoms with Gasteiger partial charge < -0.3 is 10.5 Å². The second kappa shape index (κ2) is 7.06. The van der Waals surface area contributed by atoms with Crippen LogP contribution in [0.5, 0.6) is 0 Å². The normalized spacial score (nSPS) is 12.3. The van der Waals surface area contributed by atoms with Gasteiger partial charge in [-0.25, -0.2) is 0 Å². The summed E-state index contributed by atoms with van der Waals surface area (Å²) in [6, 6.07) is 14.5. The molecule has 2 rings (SSSR count). The molecule has 0 saturated carbocycles. The number of nitrogens with two attached hydrogens (primary N) is 1. The number of esters is 1. The number of hydrogen-bond acceptors (Lipinski definition) is 3. The number of ether oxygens (including phenoxy) is 1. The first-order valence-electron chi connectivity index (χ1n) is 7.02. The monoisotopic (exact) mass is 271 g/mol. The first-order chi connectivity index (χ1) is 9.72. The highest BCUT2D eigenvalue weighted by Gasteiger charge is 2.09. The highest BCUT2D eigenvalue weighted by Crippen LogP contribution is 2.25. The van der Waals surface area contributed by atoms with E-state index in [9.17, 15) is 4.79 Å². The predicted molar refractivity (Wildman–Crippen MR) is 81.4 cm³/mol. The third-order valence-electron chi connectivity index (χ3n) is 3.60. The Morgan fingerprint density at radius 3 is 2.70 bits per heavy atom. The molecule has 0 saturated heterocycles. The lowest BCUT2D eigenvalue weighted by molar-refractivity contribution is -0.140. The van der Waals surface area contributed by atoms with Crippen LogP contribution in [0.4, 0.5) is 0 Å². The average Bonchev–Trinajstić information content (AvgIpc) is 2.50. The van der Waals surface area contributed by atoms with E-state index >= 15 is 0 Å². The number of rotatable bonds is 6. The standard InChI is InChI=1S/C17H21NO2/c1-20-17(19)12-5-4-11-16(18)15-10-6-8-13-7-2-3-9-14(13)15/h2-3,6-10,16H,4-5,11-12,18H2,1H3. The molecule has 0 radical (unpaired) electrons. The Morgan fingerprint density at radius 2 is 1.90 bits per heavy atom.